The van der Waals surface area contributed by atoms with E-state index >= 15 is 0 Å². The number of nitrogens with one attached hydrogen (secondary N) is 1. The van der Waals surface area contributed by atoms with Crippen LogP contribution in [0, 0.1) is 18.3 Å². The predicted octanol–water partition coefficient (Wildman–Crippen LogP) is 5.14. The summed E-state index contributed by atoms with van der Waals surface area (Å²) in [6.45, 7) is 5.01. The zero-order chi connectivity index (χ0) is 25.5. The van der Waals surface area contributed by atoms with E-state index in [0.29, 0.717) is 18.7 Å². The highest BCUT2D eigenvalue weighted by Gasteiger charge is 2.15. The van der Waals surface area contributed by atoms with Gasteiger partial charge in [-0.15, -0.1) is 10.2 Å². The smallest absolute Gasteiger partial charge is 0.147 e. The van der Waals surface area contributed by atoms with Gasteiger partial charge in [0.15, 0.2) is 0 Å². The van der Waals surface area contributed by atoms with E-state index in [4.69, 9.17) is 5.26 Å². The van der Waals surface area contributed by atoms with Crippen molar-refractivity contribution in [1.82, 2.24) is 29.6 Å². The summed E-state index contributed by atoms with van der Waals surface area (Å²) in [5.74, 6) is 1.77. The number of aryl methyl sites for hydroxylation is 1. The lowest BCUT2D eigenvalue weighted by Gasteiger charge is -2.21. The fourth-order valence-electron chi connectivity index (χ4n) is 4.29. The standard InChI is InChI=1S/C30H29N7/c1-23-7-9-24(10-8-23)15-16-36(20-28-18-32-30(34-28)27-5-3-2-4-6-27)21-29-35-33-22-37(29)19-26-13-11-25(17-31)12-14-26/h2-14,18,22H,15-16,19-21H2,1H3,(H,32,34). The van der Waals surface area contributed by atoms with Crippen LogP contribution in [0.3, 0.4) is 0 Å². The molecule has 0 radical (unpaired) electrons. The normalized spacial score (nSPS) is 11.1. The predicted molar refractivity (Wildman–Crippen MR) is 143 cm³/mol. The van der Waals surface area contributed by atoms with Crippen LogP contribution in [0.5, 0.6) is 0 Å². The summed E-state index contributed by atoms with van der Waals surface area (Å²) in [4.78, 5) is 10.5. The SMILES string of the molecule is Cc1ccc(CCN(Cc2cnc(-c3ccccc3)[nH]2)Cc2nncn2Cc2ccc(C#N)cc2)cc1. The molecule has 0 amide bonds. The molecule has 7 nitrogen and oxygen atoms in total. The molecule has 0 fully saturated rings. The summed E-state index contributed by atoms with van der Waals surface area (Å²) >= 11 is 0. The Morgan fingerprint density at radius 2 is 1.68 bits per heavy atom. The number of aromatic nitrogens is 5. The summed E-state index contributed by atoms with van der Waals surface area (Å²) in [5.41, 5.74) is 6.46. The molecule has 0 aliphatic heterocycles. The molecule has 37 heavy (non-hydrogen) atoms. The van der Waals surface area contributed by atoms with Gasteiger partial charge in [0.05, 0.1) is 24.7 Å². The van der Waals surface area contributed by atoms with Crippen LogP contribution in [0.4, 0.5) is 0 Å². The molecule has 5 aromatic rings. The maximum Gasteiger partial charge on any atom is 0.147 e. The van der Waals surface area contributed by atoms with E-state index in [1.54, 1.807) is 6.33 Å². The van der Waals surface area contributed by atoms with E-state index in [2.05, 4.69) is 79.0 Å². The van der Waals surface area contributed by atoms with E-state index in [1.165, 1.54) is 11.1 Å². The van der Waals surface area contributed by atoms with Crippen LogP contribution in [0.15, 0.2) is 91.4 Å². The van der Waals surface area contributed by atoms with E-state index in [0.717, 1.165) is 48.0 Å². The molecule has 7 heteroatoms. The quantitative estimate of drug-likeness (QED) is 0.295. The Morgan fingerprint density at radius 3 is 2.43 bits per heavy atom. The molecular weight excluding hydrogens is 458 g/mol. The third-order valence-electron chi connectivity index (χ3n) is 6.40. The summed E-state index contributed by atoms with van der Waals surface area (Å²) in [7, 11) is 0. The Bertz CT molecular complexity index is 1460. The van der Waals surface area contributed by atoms with Gasteiger partial charge in [0.25, 0.3) is 0 Å². The lowest BCUT2D eigenvalue weighted by molar-refractivity contribution is 0.247. The minimum atomic E-state index is 0.655. The molecule has 0 saturated carbocycles. The molecule has 0 aliphatic carbocycles. The highest BCUT2D eigenvalue weighted by molar-refractivity contribution is 5.54. The number of hydrogen-bond donors (Lipinski definition) is 1. The van der Waals surface area contributed by atoms with Crippen molar-refractivity contribution < 1.29 is 0 Å². The van der Waals surface area contributed by atoms with Crippen LogP contribution in [-0.4, -0.2) is 36.2 Å². The minimum absolute atomic E-state index is 0.655. The van der Waals surface area contributed by atoms with Crippen molar-refractivity contribution in [1.29, 1.82) is 5.26 Å². The summed E-state index contributed by atoms with van der Waals surface area (Å²) < 4.78 is 2.07. The van der Waals surface area contributed by atoms with Gasteiger partial charge >= 0.3 is 0 Å². The largest absolute Gasteiger partial charge is 0.341 e. The molecule has 3 aromatic carbocycles. The zero-order valence-corrected chi connectivity index (χ0v) is 20.9. The minimum Gasteiger partial charge on any atom is -0.341 e. The highest BCUT2D eigenvalue weighted by atomic mass is 15.3. The van der Waals surface area contributed by atoms with E-state index in [9.17, 15) is 0 Å². The Morgan fingerprint density at radius 1 is 0.919 bits per heavy atom. The number of hydrogen-bond acceptors (Lipinski definition) is 5. The second-order valence-electron chi connectivity index (χ2n) is 9.25. The molecule has 0 bridgehead atoms. The van der Waals surface area contributed by atoms with Crippen LogP contribution in [0.1, 0.15) is 33.8 Å². The highest BCUT2D eigenvalue weighted by Crippen LogP contribution is 2.17. The number of H-pyrrole nitrogens is 1. The first-order valence-electron chi connectivity index (χ1n) is 12.4. The number of nitriles is 1. The third-order valence-corrected chi connectivity index (χ3v) is 6.40. The number of aromatic amines is 1. The number of imidazole rings is 1. The van der Waals surface area contributed by atoms with Gasteiger partial charge in [-0.1, -0.05) is 72.3 Å². The maximum atomic E-state index is 9.07. The van der Waals surface area contributed by atoms with E-state index in [-0.39, 0.29) is 0 Å². The number of benzene rings is 3. The number of rotatable bonds is 10. The average Bonchev–Trinajstić information content (AvgIpc) is 3.59. The van der Waals surface area contributed by atoms with Gasteiger partial charge < -0.3 is 9.55 Å². The molecule has 0 spiro atoms. The second-order valence-corrected chi connectivity index (χ2v) is 9.25. The lowest BCUT2D eigenvalue weighted by atomic mass is 10.1. The first-order valence-corrected chi connectivity index (χ1v) is 12.4. The van der Waals surface area contributed by atoms with Crippen LogP contribution < -0.4 is 0 Å². The third kappa shape index (κ3) is 6.37. The molecule has 2 aromatic heterocycles. The molecule has 0 atom stereocenters. The summed E-state index contributed by atoms with van der Waals surface area (Å²) in [6, 6.07) is 28.7. The van der Waals surface area contributed by atoms with Crippen molar-refractivity contribution in [2.45, 2.75) is 33.0 Å². The fraction of sp³-hybridized carbons (Fsp3) is 0.200. The molecule has 0 aliphatic rings. The van der Waals surface area contributed by atoms with Crippen LogP contribution in [0.25, 0.3) is 11.4 Å². The van der Waals surface area contributed by atoms with Gasteiger partial charge in [0, 0.05) is 30.5 Å². The van der Waals surface area contributed by atoms with Crippen LogP contribution >= 0.6 is 0 Å². The molecule has 0 saturated heterocycles. The maximum absolute atomic E-state index is 9.07. The Kier molecular flexibility index (Phi) is 7.49. The summed E-state index contributed by atoms with van der Waals surface area (Å²) in [5, 5.41) is 17.7. The second kappa shape index (κ2) is 11.5. The monoisotopic (exact) mass is 487 g/mol. The average molecular weight is 488 g/mol. The van der Waals surface area contributed by atoms with Crippen molar-refractivity contribution in [3.8, 4) is 17.5 Å². The first kappa shape index (κ1) is 24.2. The Hall–Kier alpha value is -4.54. The van der Waals surface area contributed by atoms with Gasteiger partial charge in [-0.3, -0.25) is 4.90 Å². The molecule has 1 N–H and O–H groups in total. The van der Waals surface area contributed by atoms with Crippen molar-refractivity contribution in [3.05, 3.63) is 125 Å². The van der Waals surface area contributed by atoms with Crippen molar-refractivity contribution in [3.63, 3.8) is 0 Å². The Labute approximate surface area is 217 Å². The van der Waals surface area contributed by atoms with Crippen molar-refractivity contribution in [2.75, 3.05) is 6.54 Å². The van der Waals surface area contributed by atoms with E-state index in [1.807, 2.05) is 48.7 Å². The van der Waals surface area contributed by atoms with Crippen LogP contribution in [-0.2, 0) is 26.1 Å². The van der Waals surface area contributed by atoms with Gasteiger partial charge in [0.1, 0.15) is 18.0 Å². The first-order chi connectivity index (χ1) is 18.2. The number of nitrogens with zero attached hydrogens (tertiary/aromatic N) is 6. The molecular formula is C30H29N7. The molecule has 2 heterocycles. The molecule has 5 rings (SSSR count). The molecule has 0 unspecified atom stereocenters. The topological polar surface area (TPSA) is 86.4 Å². The lowest BCUT2D eigenvalue weighted by Crippen LogP contribution is -2.27. The zero-order valence-electron chi connectivity index (χ0n) is 20.9. The van der Waals surface area contributed by atoms with Gasteiger partial charge in [0.2, 0.25) is 0 Å². The van der Waals surface area contributed by atoms with E-state index < -0.39 is 0 Å². The van der Waals surface area contributed by atoms with Gasteiger partial charge in [-0.2, -0.15) is 5.26 Å². The van der Waals surface area contributed by atoms with Crippen molar-refractivity contribution >= 4 is 0 Å². The Balaban J connectivity index is 1.33. The summed E-state index contributed by atoms with van der Waals surface area (Å²) in [6.07, 6.45) is 4.63. The fourth-order valence-corrected chi connectivity index (χ4v) is 4.29. The van der Waals surface area contributed by atoms with Crippen LogP contribution in [0.2, 0.25) is 0 Å². The van der Waals surface area contributed by atoms with Gasteiger partial charge in [-0.25, -0.2) is 4.98 Å². The van der Waals surface area contributed by atoms with Crippen molar-refractivity contribution in [2.24, 2.45) is 0 Å². The molecule has 184 valence electrons. The van der Waals surface area contributed by atoms with Gasteiger partial charge in [-0.05, 0) is 36.6 Å².